The van der Waals surface area contributed by atoms with Gasteiger partial charge in [-0.3, -0.25) is 4.98 Å². The summed E-state index contributed by atoms with van der Waals surface area (Å²) in [6.45, 7) is 0. The SMILES string of the molecule is COc1ccc(Cl)cc1C(=O)Oc1ccc2ccncc2c1. The summed E-state index contributed by atoms with van der Waals surface area (Å²) in [5.41, 5.74) is 0.279. The maximum absolute atomic E-state index is 12.3. The van der Waals surface area contributed by atoms with Crippen molar-refractivity contribution in [3.8, 4) is 11.5 Å². The van der Waals surface area contributed by atoms with Gasteiger partial charge in [-0.25, -0.2) is 4.79 Å². The van der Waals surface area contributed by atoms with E-state index < -0.39 is 5.97 Å². The minimum Gasteiger partial charge on any atom is -0.496 e. The molecule has 0 unspecified atom stereocenters. The van der Waals surface area contributed by atoms with E-state index in [4.69, 9.17) is 21.1 Å². The molecule has 0 aliphatic rings. The number of ether oxygens (including phenoxy) is 2. The van der Waals surface area contributed by atoms with E-state index >= 15 is 0 Å². The van der Waals surface area contributed by atoms with Gasteiger partial charge in [0.25, 0.3) is 0 Å². The molecule has 110 valence electrons. The highest BCUT2D eigenvalue weighted by molar-refractivity contribution is 6.31. The van der Waals surface area contributed by atoms with Gasteiger partial charge in [-0.15, -0.1) is 0 Å². The first-order valence-electron chi connectivity index (χ1n) is 6.57. The van der Waals surface area contributed by atoms with Crippen LogP contribution in [-0.2, 0) is 0 Å². The standard InChI is InChI=1S/C17H12ClNO3/c1-21-16-5-3-13(18)9-15(16)17(20)22-14-4-2-11-6-7-19-10-12(11)8-14/h2-10H,1H3. The lowest BCUT2D eigenvalue weighted by molar-refractivity contribution is 0.0731. The lowest BCUT2D eigenvalue weighted by Crippen LogP contribution is -2.10. The fraction of sp³-hybridized carbons (Fsp3) is 0.0588. The number of carbonyl (C=O) groups is 1. The Morgan fingerprint density at radius 3 is 2.77 bits per heavy atom. The van der Waals surface area contributed by atoms with E-state index in [-0.39, 0.29) is 5.56 Å². The first-order valence-corrected chi connectivity index (χ1v) is 6.94. The molecule has 0 saturated heterocycles. The number of esters is 1. The van der Waals surface area contributed by atoms with Gasteiger partial charge in [0.05, 0.1) is 7.11 Å². The van der Waals surface area contributed by atoms with E-state index in [0.717, 1.165) is 10.8 Å². The van der Waals surface area contributed by atoms with Crippen molar-refractivity contribution in [2.75, 3.05) is 7.11 Å². The van der Waals surface area contributed by atoms with Gasteiger partial charge in [-0.1, -0.05) is 17.7 Å². The summed E-state index contributed by atoms with van der Waals surface area (Å²) < 4.78 is 10.6. The first kappa shape index (κ1) is 14.4. The average Bonchev–Trinajstić information content (AvgIpc) is 2.54. The summed E-state index contributed by atoms with van der Waals surface area (Å²) in [5, 5.41) is 2.36. The molecular formula is C17H12ClNO3. The molecule has 4 nitrogen and oxygen atoms in total. The molecule has 5 heteroatoms. The summed E-state index contributed by atoms with van der Waals surface area (Å²) >= 11 is 5.93. The number of pyridine rings is 1. The Morgan fingerprint density at radius 2 is 1.95 bits per heavy atom. The third-order valence-electron chi connectivity index (χ3n) is 3.20. The second-order valence-electron chi connectivity index (χ2n) is 4.62. The van der Waals surface area contributed by atoms with Crippen LogP contribution >= 0.6 is 11.6 Å². The number of hydrogen-bond donors (Lipinski definition) is 0. The number of halogens is 1. The van der Waals surface area contributed by atoms with E-state index in [1.54, 1.807) is 36.7 Å². The second kappa shape index (κ2) is 6.03. The van der Waals surface area contributed by atoms with Crippen LogP contribution in [0.1, 0.15) is 10.4 Å². The molecule has 3 aromatic rings. The lowest BCUT2D eigenvalue weighted by atomic mass is 10.1. The third kappa shape index (κ3) is 2.87. The molecule has 0 fully saturated rings. The smallest absolute Gasteiger partial charge is 0.347 e. The molecule has 0 atom stereocenters. The number of carbonyl (C=O) groups excluding carboxylic acids is 1. The number of nitrogens with zero attached hydrogens (tertiary/aromatic N) is 1. The molecule has 0 amide bonds. The predicted octanol–water partition coefficient (Wildman–Crippen LogP) is 4.12. The number of hydrogen-bond acceptors (Lipinski definition) is 4. The molecule has 1 aromatic heterocycles. The molecular weight excluding hydrogens is 302 g/mol. The topological polar surface area (TPSA) is 48.4 Å². The summed E-state index contributed by atoms with van der Waals surface area (Å²) in [6, 6.07) is 12.1. The van der Waals surface area contributed by atoms with E-state index in [9.17, 15) is 4.79 Å². The molecule has 0 saturated carbocycles. The number of rotatable bonds is 3. The van der Waals surface area contributed by atoms with E-state index in [0.29, 0.717) is 16.5 Å². The average molecular weight is 314 g/mol. The van der Waals surface area contributed by atoms with Crippen molar-refractivity contribution in [3.63, 3.8) is 0 Å². The highest BCUT2D eigenvalue weighted by Gasteiger charge is 2.15. The quantitative estimate of drug-likeness (QED) is 0.539. The minimum absolute atomic E-state index is 0.279. The van der Waals surface area contributed by atoms with E-state index in [1.807, 2.05) is 12.1 Å². The Morgan fingerprint density at radius 1 is 1.09 bits per heavy atom. The Bertz CT molecular complexity index is 848. The van der Waals surface area contributed by atoms with Crippen molar-refractivity contribution in [3.05, 3.63) is 65.4 Å². The summed E-state index contributed by atoms with van der Waals surface area (Å²) in [6.07, 6.45) is 3.43. The largest absolute Gasteiger partial charge is 0.496 e. The molecule has 0 N–H and O–H groups in total. The Hall–Kier alpha value is -2.59. The Labute approximate surface area is 132 Å². The summed E-state index contributed by atoms with van der Waals surface area (Å²) in [4.78, 5) is 16.4. The van der Waals surface area contributed by atoms with Crippen molar-refractivity contribution in [1.82, 2.24) is 4.98 Å². The monoisotopic (exact) mass is 313 g/mol. The van der Waals surface area contributed by atoms with E-state index in [1.165, 1.54) is 13.2 Å². The molecule has 0 radical (unpaired) electrons. The van der Waals surface area contributed by atoms with Crippen LogP contribution in [0.15, 0.2) is 54.9 Å². The number of methoxy groups -OCH3 is 1. The maximum atomic E-state index is 12.3. The zero-order valence-electron chi connectivity index (χ0n) is 11.7. The molecule has 1 heterocycles. The predicted molar refractivity (Wildman–Crippen MR) is 84.7 cm³/mol. The van der Waals surface area contributed by atoms with E-state index in [2.05, 4.69) is 4.98 Å². The van der Waals surface area contributed by atoms with Crippen molar-refractivity contribution in [2.45, 2.75) is 0 Å². The van der Waals surface area contributed by atoms with Gasteiger partial charge in [-0.05, 0) is 41.8 Å². The van der Waals surface area contributed by atoms with Crippen LogP contribution in [0.25, 0.3) is 10.8 Å². The number of benzene rings is 2. The molecule has 2 aromatic carbocycles. The highest BCUT2D eigenvalue weighted by atomic mass is 35.5. The molecule has 0 bridgehead atoms. The normalized spacial score (nSPS) is 10.5. The van der Waals surface area contributed by atoms with Gasteiger partial charge in [0, 0.05) is 22.8 Å². The van der Waals surface area contributed by atoms with Gasteiger partial charge >= 0.3 is 5.97 Å². The Balaban J connectivity index is 1.91. The highest BCUT2D eigenvalue weighted by Crippen LogP contribution is 2.25. The minimum atomic E-state index is -0.525. The maximum Gasteiger partial charge on any atom is 0.347 e. The van der Waals surface area contributed by atoms with Gasteiger partial charge < -0.3 is 9.47 Å². The van der Waals surface area contributed by atoms with Crippen molar-refractivity contribution in [2.24, 2.45) is 0 Å². The molecule has 0 spiro atoms. The lowest BCUT2D eigenvalue weighted by Gasteiger charge is -2.09. The second-order valence-corrected chi connectivity index (χ2v) is 5.06. The third-order valence-corrected chi connectivity index (χ3v) is 3.44. The van der Waals surface area contributed by atoms with Crippen LogP contribution in [0, 0.1) is 0 Å². The van der Waals surface area contributed by atoms with Gasteiger partial charge in [-0.2, -0.15) is 0 Å². The summed E-state index contributed by atoms with van der Waals surface area (Å²) in [7, 11) is 1.49. The molecule has 0 aliphatic carbocycles. The zero-order chi connectivity index (χ0) is 15.5. The van der Waals surface area contributed by atoms with Gasteiger partial charge in [0.15, 0.2) is 0 Å². The van der Waals surface area contributed by atoms with Crippen molar-refractivity contribution < 1.29 is 14.3 Å². The van der Waals surface area contributed by atoms with Crippen LogP contribution in [0.3, 0.4) is 0 Å². The van der Waals surface area contributed by atoms with Gasteiger partial charge in [0.1, 0.15) is 17.1 Å². The first-order chi connectivity index (χ1) is 10.7. The fourth-order valence-corrected chi connectivity index (χ4v) is 2.30. The van der Waals surface area contributed by atoms with Gasteiger partial charge in [0.2, 0.25) is 0 Å². The van der Waals surface area contributed by atoms with Crippen LogP contribution in [0.5, 0.6) is 11.5 Å². The molecule has 3 rings (SSSR count). The van der Waals surface area contributed by atoms with Crippen LogP contribution in [0.4, 0.5) is 0 Å². The fourth-order valence-electron chi connectivity index (χ4n) is 2.13. The van der Waals surface area contributed by atoms with Crippen LogP contribution in [0.2, 0.25) is 5.02 Å². The van der Waals surface area contributed by atoms with Crippen LogP contribution < -0.4 is 9.47 Å². The zero-order valence-corrected chi connectivity index (χ0v) is 12.5. The van der Waals surface area contributed by atoms with Crippen molar-refractivity contribution >= 4 is 28.3 Å². The number of fused-ring (bicyclic) bond motifs is 1. The van der Waals surface area contributed by atoms with Crippen LogP contribution in [-0.4, -0.2) is 18.1 Å². The summed E-state index contributed by atoms with van der Waals surface area (Å²) in [5.74, 6) is 0.326. The molecule has 0 aliphatic heterocycles. The number of aromatic nitrogens is 1. The Kier molecular flexibility index (Phi) is 3.94. The van der Waals surface area contributed by atoms with Crippen molar-refractivity contribution in [1.29, 1.82) is 0 Å². The molecule has 22 heavy (non-hydrogen) atoms.